The number of methoxy groups -OCH3 is 6. The van der Waals surface area contributed by atoms with E-state index in [-0.39, 0.29) is 42.6 Å². The molecule has 31 nitrogen and oxygen atoms in total. The van der Waals surface area contributed by atoms with Crippen molar-refractivity contribution in [2.75, 3.05) is 68.8 Å². The fourth-order valence-electron chi connectivity index (χ4n) is 11.5. The van der Waals surface area contributed by atoms with Crippen LogP contribution in [-0.2, 0) is 26.2 Å². The molecule has 12 aromatic rings. The average Bonchev–Trinajstić information content (AvgIpc) is 1.65. The number of hydrogen-bond acceptors (Lipinski definition) is 23. The predicted molar refractivity (Wildman–Crippen MR) is 404 cm³/mol. The molecule has 12 aromatic heterocycles. The van der Waals surface area contributed by atoms with Crippen LogP contribution in [0.25, 0.3) is 44.1 Å². The molecule has 110 heavy (non-hydrogen) atoms. The summed E-state index contributed by atoms with van der Waals surface area (Å²) in [5, 5.41) is 11.2. The van der Waals surface area contributed by atoms with Crippen molar-refractivity contribution in [1.29, 1.82) is 0 Å². The second kappa shape index (κ2) is 38.2. The molecule has 0 spiro atoms. The summed E-state index contributed by atoms with van der Waals surface area (Å²) in [6.45, 7) is 16.9. The maximum absolute atomic E-state index is 13.1. The summed E-state index contributed by atoms with van der Waals surface area (Å²) in [6.07, 6.45) is 20.4. The average molecular weight is 1520 g/mol. The van der Waals surface area contributed by atoms with Gasteiger partial charge in [0.05, 0.1) is 155 Å². The molecule has 0 radical (unpaired) electrons. The molecule has 0 aliphatic rings. The fraction of sp³-hybridized carbons (Fsp3) is 0.368. The van der Waals surface area contributed by atoms with Gasteiger partial charge in [0, 0.05) is 97.6 Å². The van der Waals surface area contributed by atoms with Gasteiger partial charge in [0.25, 0.3) is 23.6 Å². The first-order valence-corrected chi connectivity index (χ1v) is 35.1. The van der Waals surface area contributed by atoms with E-state index < -0.39 is 12.8 Å². The molecule has 4 amide bonds. The number of pyridine rings is 4. The Morgan fingerprint density at radius 2 is 0.664 bits per heavy atom. The highest BCUT2D eigenvalue weighted by Gasteiger charge is 2.25. The van der Waals surface area contributed by atoms with Gasteiger partial charge in [0.15, 0.2) is 0 Å². The van der Waals surface area contributed by atoms with Crippen LogP contribution >= 0.6 is 0 Å². The van der Waals surface area contributed by atoms with E-state index in [1.54, 1.807) is 105 Å². The molecule has 4 N–H and O–H groups in total. The van der Waals surface area contributed by atoms with E-state index in [1.165, 1.54) is 32.2 Å². The fourth-order valence-corrected chi connectivity index (χ4v) is 11.5. The number of nitrogens with zero attached hydrogens (tertiary/aromatic N) is 16. The molecule has 34 heteroatoms. The third-order valence-corrected chi connectivity index (χ3v) is 17.4. The van der Waals surface area contributed by atoms with Crippen LogP contribution in [0.3, 0.4) is 0 Å². The van der Waals surface area contributed by atoms with Gasteiger partial charge in [-0.25, -0.2) is 59.2 Å². The van der Waals surface area contributed by atoms with Crippen LogP contribution < -0.4 is 54.4 Å². The number of aromatic nitrogens is 16. The molecule has 0 fully saturated rings. The third-order valence-electron chi connectivity index (χ3n) is 17.4. The second-order valence-corrected chi connectivity index (χ2v) is 25.0. The van der Waals surface area contributed by atoms with Crippen LogP contribution in [0.2, 0.25) is 0 Å². The number of fused-ring (bicyclic) bond motifs is 4. The number of nitrogens with one attached hydrogen (secondary N) is 4. The molecule has 0 aromatic carbocycles. The Bertz CT molecular complexity index is 5060. The van der Waals surface area contributed by atoms with Crippen LogP contribution in [0.15, 0.2) is 99.1 Å². The highest BCUT2D eigenvalue weighted by Crippen LogP contribution is 2.31. The number of carbonyl (C=O) groups excluding carboxylic acids is 4. The normalized spacial score (nSPS) is 11.2. The number of hydrogen-bond donors (Lipinski definition) is 4. The summed E-state index contributed by atoms with van der Waals surface area (Å²) in [5.74, 6) is 2.34. The van der Waals surface area contributed by atoms with Crippen LogP contribution in [0, 0.1) is 34.6 Å². The lowest BCUT2D eigenvalue weighted by Crippen LogP contribution is -2.28. The molecule has 12 heterocycles. The number of ether oxygens (including phenoxy) is 7. The number of alkyl halides is 3. The van der Waals surface area contributed by atoms with Gasteiger partial charge in [0.2, 0.25) is 23.5 Å². The molecule has 0 aliphatic carbocycles. The van der Waals surface area contributed by atoms with Gasteiger partial charge in [-0.15, -0.1) is 0 Å². The Morgan fingerprint density at radius 1 is 0.382 bits per heavy atom. The lowest BCUT2D eigenvalue weighted by molar-refractivity contribution is -0.0535. The summed E-state index contributed by atoms with van der Waals surface area (Å²) in [4.78, 5) is 101. The molecule has 0 saturated heterocycles. The minimum absolute atomic E-state index is 0.0656. The van der Waals surface area contributed by atoms with Crippen LogP contribution in [-0.4, -0.2) is 183 Å². The predicted octanol–water partition coefficient (Wildman–Crippen LogP) is 10.2. The minimum atomic E-state index is -2.96. The Hall–Kier alpha value is -12.7. The number of halogens is 3. The highest BCUT2D eigenvalue weighted by molar-refractivity contribution is 6.08. The molecule has 1 atom stereocenters. The van der Waals surface area contributed by atoms with Crippen molar-refractivity contribution in [1.82, 2.24) is 99.3 Å². The monoisotopic (exact) mass is 1510 g/mol. The Morgan fingerprint density at radius 3 is 0.945 bits per heavy atom. The van der Waals surface area contributed by atoms with Crippen molar-refractivity contribution in [2.24, 2.45) is 0 Å². The summed E-state index contributed by atoms with van der Waals surface area (Å²) < 4.78 is 81.9. The number of amides is 4. The third kappa shape index (κ3) is 19.6. The number of aryl methyl sites for hydroxylation is 1. The lowest BCUT2D eigenvalue weighted by Gasteiger charge is -2.11. The van der Waals surface area contributed by atoms with Crippen molar-refractivity contribution in [3.8, 4) is 40.8 Å². The number of carbonyl (C=O) groups is 4. The highest BCUT2D eigenvalue weighted by atomic mass is 19.3. The molecule has 0 saturated carbocycles. The largest absolute Gasteiger partial charge is 0.495 e. The zero-order valence-corrected chi connectivity index (χ0v) is 64.0. The summed E-state index contributed by atoms with van der Waals surface area (Å²) >= 11 is 0. The standard InChI is InChI=1S/C19H21F2N5O2.C19H22FN5O3.2C19H23N5O3/c1-4-5-22-17(27)13-8-26(15-6-11(2)7-23-16(13)15)9-14-12(3)18(25-10-24-14)28-19(20)21;1-11(20)6-22-18(26)14-8-25(16-5-13(27-3)7-21-17(14)16)9-15-12(2)19(28-4)24-10-23-15;2*1-5-6-20-18(25)14-9-24(16-7-13(26-3)8-21-17(14)16)10-15-12(2)19(27-4)23-11-22-15/h6-8,10,19H,4-5,9H2,1-3H3,(H,22,27);5,7-8,10-11H,6,9H2,1-4H3,(H,22,26);2*7-9,11H,5-6,10H2,1-4H3,(H,20,25). The van der Waals surface area contributed by atoms with Gasteiger partial charge >= 0.3 is 6.61 Å². The Labute approximate surface area is 632 Å². The summed E-state index contributed by atoms with van der Waals surface area (Å²) in [7, 11) is 9.43. The molecule has 0 aliphatic heterocycles. The van der Waals surface area contributed by atoms with E-state index in [2.05, 4.69) is 85.8 Å². The Kier molecular flexibility index (Phi) is 28.3. The van der Waals surface area contributed by atoms with E-state index in [0.717, 1.165) is 75.1 Å². The van der Waals surface area contributed by atoms with Gasteiger partial charge in [-0.3, -0.25) is 24.2 Å². The lowest BCUT2D eigenvalue weighted by atomic mass is 10.2. The quantitative estimate of drug-likeness (QED) is 0.0354. The maximum Gasteiger partial charge on any atom is 0.388 e. The minimum Gasteiger partial charge on any atom is -0.495 e. The summed E-state index contributed by atoms with van der Waals surface area (Å²) in [5.41, 5.74) is 14.0. The molecule has 12 rings (SSSR count). The van der Waals surface area contributed by atoms with Crippen LogP contribution in [0.5, 0.6) is 40.8 Å². The van der Waals surface area contributed by atoms with Gasteiger partial charge in [-0.05, 0) is 72.4 Å². The van der Waals surface area contributed by atoms with Crippen molar-refractivity contribution in [3.63, 3.8) is 0 Å². The first kappa shape index (κ1) is 81.4. The van der Waals surface area contributed by atoms with E-state index in [9.17, 15) is 32.3 Å². The van der Waals surface area contributed by atoms with Crippen molar-refractivity contribution in [3.05, 3.63) is 172 Å². The first-order chi connectivity index (χ1) is 53.0. The van der Waals surface area contributed by atoms with Gasteiger partial charge in [-0.2, -0.15) is 8.78 Å². The van der Waals surface area contributed by atoms with Gasteiger partial charge < -0.3 is 72.7 Å². The van der Waals surface area contributed by atoms with Gasteiger partial charge in [-0.1, -0.05) is 20.8 Å². The molecular formula is C76H89F3N20O11. The molecule has 580 valence electrons. The van der Waals surface area contributed by atoms with E-state index in [4.69, 9.17) is 28.4 Å². The molecule has 0 bridgehead atoms. The topological polar surface area (TPSA) is 355 Å². The second-order valence-electron chi connectivity index (χ2n) is 25.0. The smallest absolute Gasteiger partial charge is 0.388 e. The van der Waals surface area contributed by atoms with Crippen LogP contribution in [0.4, 0.5) is 13.2 Å². The zero-order valence-electron chi connectivity index (χ0n) is 64.0. The van der Waals surface area contributed by atoms with E-state index in [1.807, 2.05) is 84.9 Å². The zero-order chi connectivity index (χ0) is 79.3. The molecular weight excluding hydrogens is 1430 g/mol. The van der Waals surface area contributed by atoms with E-state index in [0.29, 0.717) is 135 Å². The SMILES string of the molecule is CCCNC(=O)c1cn(Cc2ncnc(OC(F)F)c2C)c2cc(C)cnc12.CCCNC(=O)c1cn(Cc2ncnc(OC)c2C)c2cc(OC)cnc12.CCCNC(=O)c1cn(Cc2ncnc(OC)c2C)c2cc(OC)cnc12.COc1cnc2c(C(=O)NCC(C)F)cn(Cc3ncnc(OC)c3C)c2c1. The van der Waals surface area contributed by atoms with Crippen molar-refractivity contribution in [2.45, 2.75) is 121 Å². The maximum atomic E-state index is 13.1. The van der Waals surface area contributed by atoms with E-state index >= 15 is 0 Å². The summed E-state index contributed by atoms with van der Waals surface area (Å²) in [6, 6.07) is 7.45. The number of rotatable bonds is 28. The van der Waals surface area contributed by atoms with Crippen molar-refractivity contribution >= 4 is 67.8 Å². The molecule has 1 unspecified atom stereocenters. The Balaban J connectivity index is 0.000000169. The first-order valence-electron chi connectivity index (χ1n) is 35.1. The van der Waals surface area contributed by atoms with Gasteiger partial charge in [0.1, 0.15) is 70.8 Å². The van der Waals surface area contributed by atoms with Crippen LogP contribution in [0.1, 0.15) is 139 Å². The van der Waals surface area contributed by atoms with Crippen molar-refractivity contribution < 1.29 is 65.5 Å².